The molecule has 0 aliphatic heterocycles. The van der Waals surface area contributed by atoms with Crippen LogP contribution in [0.1, 0.15) is 37.7 Å². The third kappa shape index (κ3) is 3.79. The molecule has 4 N–H and O–H groups in total. The quantitative estimate of drug-likeness (QED) is 0.726. The van der Waals surface area contributed by atoms with Gasteiger partial charge in [-0.15, -0.1) is 0 Å². The lowest BCUT2D eigenvalue weighted by Crippen LogP contribution is -2.42. The highest BCUT2D eigenvalue weighted by atomic mass is 32.2. The molecule has 112 valence electrons. The number of hydrogen-bond acceptors (Lipinski definition) is 4. The summed E-state index contributed by atoms with van der Waals surface area (Å²) in [5.74, 6) is 0. The van der Waals surface area contributed by atoms with Gasteiger partial charge < -0.3 is 10.8 Å². The summed E-state index contributed by atoms with van der Waals surface area (Å²) in [4.78, 5) is 0.205. The summed E-state index contributed by atoms with van der Waals surface area (Å²) in [7, 11) is -3.61. The van der Waals surface area contributed by atoms with Crippen LogP contribution in [0.2, 0.25) is 0 Å². The van der Waals surface area contributed by atoms with Crippen LogP contribution < -0.4 is 10.5 Å². The lowest BCUT2D eigenvalue weighted by molar-refractivity contribution is 0.130. The lowest BCUT2D eigenvalue weighted by Gasteiger charge is -2.21. The van der Waals surface area contributed by atoms with Crippen molar-refractivity contribution in [2.24, 2.45) is 5.73 Å². The summed E-state index contributed by atoms with van der Waals surface area (Å²) in [6, 6.07) is 6.19. The van der Waals surface area contributed by atoms with E-state index in [1.807, 2.05) is 0 Å². The molecule has 1 aromatic rings. The lowest BCUT2D eigenvalue weighted by atomic mass is 10.1. The maximum atomic E-state index is 12.4. The molecule has 1 aliphatic rings. The molecular weight excluding hydrogens is 276 g/mol. The average Bonchev–Trinajstić information content (AvgIpc) is 2.64. The third-order valence-corrected chi connectivity index (χ3v) is 5.22. The van der Waals surface area contributed by atoms with Crippen LogP contribution in [0.3, 0.4) is 0 Å². The minimum Gasteiger partial charge on any atom is -0.391 e. The molecule has 0 saturated heterocycles. The fourth-order valence-corrected chi connectivity index (χ4v) is 3.91. The summed E-state index contributed by atoms with van der Waals surface area (Å²) < 4.78 is 27.4. The van der Waals surface area contributed by atoms with Crippen LogP contribution in [0, 0.1) is 0 Å². The summed E-state index contributed by atoms with van der Waals surface area (Å²) in [6.07, 6.45) is 3.64. The van der Waals surface area contributed by atoms with Crippen molar-refractivity contribution < 1.29 is 13.5 Å². The van der Waals surface area contributed by atoms with Crippen molar-refractivity contribution >= 4 is 10.0 Å². The number of nitrogens with two attached hydrogens (primary N) is 1. The van der Waals surface area contributed by atoms with Crippen molar-refractivity contribution in [2.45, 2.75) is 55.7 Å². The Morgan fingerprint density at radius 2 is 2.00 bits per heavy atom. The van der Waals surface area contributed by atoms with Crippen molar-refractivity contribution in [1.82, 2.24) is 4.72 Å². The van der Waals surface area contributed by atoms with E-state index in [9.17, 15) is 13.5 Å². The zero-order valence-corrected chi connectivity index (χ0v) is 12.3. The Morgan fingerprint density at radius 3 is 2.75 bits per heavy atom. The number of rotatable bonds is 4. The molecule has 2 rings (SSSR count). The zero-order chi connectivity index (χ0) is 14.6. The minimum atomic E-state index is -3.61. The molecule has 1 aliphatic carbocycles. The molecule has 0 heterocycles. The van der Waals surface area contributed by atoms with Gasteiger partial charge in [0.15, 0.2) is 0 Å². The Morgan fingerprint density at radius 1 is 1.25 bits per heavy atom. The van der Waals surface area contributed by atoms with Gasteiger partial charge in [0.05, 0.1) is 11.0 Å². The monoisotopic (exact) mass is 298 g/mol. The number of aliphatic hydroxyl groups is 1. The molecule has 6 heteroatoms. The highest BCUT2D eigenvalue weighted by molar-refractivity contribution is 7.89. The van der Waals surface area contributed by atoms with E-state index in [0.717, 1.165) is 24.8 Å². The van der Waals surface area contributed by atoms with Crippen molar-refractivity contribution in [3.63, 3.8) is 0 Å². The highest BCUT2D eigenvalue weighted by Gasteiger charge is 2.27. The van der Waals surface area contributed by atoms with E-state index in [1.54, 1.807) is 24.3 Å². The van der Waals surface area contributed by atoms with Crippen LogP contribution in [0.5, 0.6) is 0 Å². The molecule has 2 atom stereocenters. The predicted octanol–water partition coefficient (Wildman–Crippen LogP) is 1.12. The van der Waals surface area contributed by atoms with Gasteiger partial charge in [0.2, 0.25) is 10.0 Å². The zero-order valence-electron chi connectivity index (χ0n) is 11.5. The first kappa shape index (κ1) is 15.4. The van der Waals surface area contributed by atoms with Crippen LogP contribution in [0.15, 0.2) is 29.2 Å². The summed E-state index contributed by atoms with van der Waals surface area (Å²) >= 11 is 0. The Kier molecular flexibility index (Phi) is 5.15. The summed E-state index contributed by atoms with van der Waals surface area (Å²) in [6.45, 7) is 0.301. The molecule has 0 amide bonds. The Balaban J connectivity index is 2.17. The second-order valence-corrected chi connectivity index (χ2v) is 7.00. The van der Waals surface area contributed by atoms with Crippen molar-refractivity contribution in [1.29, 1.82) is 0 Å². The smallest absolute Gasteiger partial charge is 0.240 e. The standard InChI is InChI=1S/C14H22N2O3S/c15-10-11-5-4-6-12(9-11)20(18,19)16-13-7-2-1-3-8-14(13)17/h4-6,9,13-14,16-17H,1-3,7-8,10,15H2. The third-order valence-electron chi connectivity index (χ3n) is 3.73. The molecule has 0 aromatic heterocycles. The Hall–Kier alpha value is -0.950. The van der Waals surface area contributed by atoms with Gasteiger partial charge in [-0.1, -0.05) is 31.4 Å². The van der Waals surface area contributed by atoms with Crippen LogP contribution >= 0.6 is 0 Å². The Bertz CT molecular complexity index is 545. The normalized spacial score (nSPS) is 24.3. The molecule has 0 bridgehead atoms. The number of nitrogens with one attached hydrogen (secondary N) is 1. The minimum absolute atomic E-state index is 0.205. The molecular formula is C14H22N2O3S. The van der Waals surface area contributed by atoms with Crippen molar-refractivity contribution in [2.75, 3.05) is 0 Å². The molecule has 2 unspecified atom stereocenters. The maximum Gasteiger partial charge on any atom is 0.240 e. The van der Waals surface area contributed by atoms with Gasteiger partial charge in [-0.05, 0) is 30.5 Å². The second-order valence-electron chi connectivity index (χ2n) is 5.28. The molecule has 5 nitrogen and oxygen atoms in total. The molecule has 1 saturated carbocycles. The molecule has 0 spiro atoms. The van der Waals surface area contributed by atoms with E-state index in [2.05, 4.69) is 4.72 Å². The van der Waals surface area contributed by atoms with Gasteiger partial charge >= 0.3 is 0 Å². The predicted molar refractivity (Wildman–Crippen MR) is 77.5 cm³/mol. The van der Waals surface area contributed by atoms with Crippen molar-refractivity contribution in [3.05, 3.63) is 29.8 Å². The van der Waals surface area contributed by atoms with Gasteiger partial charge in [0, 0.05) is 12.6 Å². The number of benzene rings is 1. The highest BCUT2D eigenvalue weighted by Crippen LogP contribution is 2.20. The van der Waals surface area contributed by atoms with E-state index >= 15 is 0 Å². The van der Waals surface area contributed by atoms with Gasteiger partial charge in [0.25, 0.3) is 0 Å². The van der Waals surface area contributed by atoms with Crippen LogP contribution in [-0.4, -0.2) is 25.7 Å². The van der Waals surface area contributed by atoms with Gasteiger partial charge in [-0.3, -0.25) is 0 Å². The van der Waals surface area contributed by atoms with E-state index in [4.69, 9.17) is 5.73 Å². The summed E-state index contributed by atoms with van der Waals surface area (Å²) in [5, 5.41) is 10.0. The van der Waals surface area contributed by atoms with Gasteiger partial charge in [-0.2, -0.15) is 0 Å². The summed E-state index contributed by atoms with van der Waals surface area (Å²) in [5.41, 5.74) is 6.31. The van der Waals surface area contributed by atoms with Gasteiger partial charge in [0.1, 0.15) is 0 Å². The van der Waals surface area contributed by atoms with E-state index < -0.39 is 22.2 Å². The Labute approximate surface area is 120 Å². The van der Waals surface area contributed by atoms with Crippen LogP contribution in [0.4, 0.5) is 0 Å². The largest absolute Gasteiger partial charge is 0.391 e. The fraction of sp³-hybridized carbons (Fsp3) is 0.571. The molecule has 1 aromatic carbocycles. The number of hydrogen-bond donors (Lipinski definition) is 3. The fourth-order valence-electron chi connectivity index (χ4n) is 2.53. The van der Waals surface area contributed by atoms with Gasteiger partial charge in [-0.25, -0.2) is 13.1 Å². The molecule has 0 radical (unpaired) electrons. The first-order valence-corrected chi connectivity index (χ1v) is 8.50. The van der Waals surface area contributed by atoms with E-state index in [1.165, 1.54) is 0 Å². The number of aliphatic hydroxyl groups excluding tert-OH is 1. The number of sulfonamides is 1. The van der Waals surface area contributed by atoms with Crippen LogP contribution in [0.25, 0.3) is 0 Å². The first-order chi connectivity index (χ1) is 9.53. The van der Waals surface area contributed by atoms with Crippen LogP contribution in [-0.2, 0) is 16.6 Å². The first-order valence-electron chi connectivity index (χ1n) is 7.02. The van der Waals surface area contributed by atoms with E-state index in [-0.39, 0.29) is 4.90 Å². The molecule has 20 heavy (non-hydrogen) atoms. The second kappa shape index (κ2) is 6.67. The average molecular weight is 298 g/mol. The molecule has 1 fully saturated rings. The maximum absolute atomic E-state index is 12.4. The van der Waals surface area contributed by atoms with Crippen molar-refractivity contribution in [3.8, 4) is 0 Å². The van der Waals surface area contributed by atoms with E-state index in [0.29, 0.717) is 19.4 Å². The SMILES string of the molecule is NCc1cccc(S(=O)(=O)NC2CCCCCC2O)c1. The topological polar surface area (TPSA) is 92.4 Å².